The van der Waals surface area contributed by atoms with Crippen molar-refractivity contribution in [1.82, 2.24) is 4.72 Å². The Hall–Kier alpha value is -1.63. The summed E-state index contributed by atoms with van der Waals surface area (Å²) in [6, 6.07) is 11.2. The predicted octanol–water partition coefficient (Wildman–Crippen LogP) is 2.13. The number of nitrogens with two attached hydrogens (primary N) is 1. The normalized spacial score (nSPS) is 13.3. The topological polar surface area (TPSA) is 85.3 Å². The maximum atomic E-state index is 12.3. The first-order valence-corrected chi connectivity index (χ1v) is 8.26. The van der Waals surface area contributed by atoms with Gasteiger partial charge in [0.05, 0.1) is 6.54 Å². The second kappa shape index (κ2) is 6.43. The quantitative estimate of drug-likeness (QED) is 0.856. The predicted molar refractivity (Wildman–Crippen MR) is 81.4 cm³/mol. The summed E-state index contributed by atoms with van der Waals surface area (Å²) in [5.41, 5.74) is 6.55. The molecule has 0 aliphatic heterocycles. The van der Waals surface area contributed by atoms with E-state index in [0.717, 1.165) is 5.56 Å². The lowest BCUT2D eigenvalue weighted by Crippen LogP contribution is -2.27. The van der Waals surface area contributed by atoms with E-state index in [2.05, 4.69) is 4.72 Å². The molecule has 0 aliphatic rings. The second-order valence-electron chi connectivity index (χ2n) is 5.00. The van der Waals surface area contributed by atoms with Gasteiger partial charge in [-0.15, -0.1) is 0 Å². The number of hydrogen-bond donors (Lipinski definition) is 2. The van der Waals surface area contributed by atoms with Gasteiger partial charge in [-0.05, 0) is 18.4 Å². The van der Waals surface area contributed by atoms with Gasteiger partial charge >= 0.3 is 0 Å². The number of rotatable bonds is 6. The van der Waals surface area contributed by atoms with Gasteiger partial charge in [0.1, 0.15) is 16.4 Å². The standard InChI is InChI=1S/C15H20N2O3S/c1-11(13-6-4-3-5-7-13)10-17-21(18,19)15-8-14(9-16)20-12(15)2/h3-8,11,17H,9-10,16H2,1-2H3. The summed E-state index contributed by atoms with van der Waals surface area (Å²) in [7, 11) is -3.58. The Morgan fingerprint density at radius 1 is 1.29 bits per heavy atom. The summed E-state index contributed by atoms with van der Waals surface area (Å²) in [6.45, 7) is 4.10. The smallest absolute Gasteiger partial charge is 0.244 e. The van der Waals surface area contributed by atoms with Gasteiger partial charge in [0.15, 0.2) is 0 Å². The van der Waals surface area contributed by atoms with Crippen LogP contribution < -0.4 is 10.5 Å². The molecule has 21 heavy (non-hydrogen) atoms. The fourth-order valence-electron chi connectivity index (χ4n) is 2.10. The number of benzene rings is 1. The molecule has 2 aromatic rings. The van der Waals surface area contributed by atoms with Crippen molar-refractivity contribution in [2.75, 3.05) is 6.54 Å². The summed E-state index contributed by atoms with van der Waals surface area (Å²) in [5, 5.41) is 0. The zero-order chi connectivity index (χ0) is 15.5. The summed E-state index contributed by atoms with van der Waals surface area (Å²) < 4.78 is 32.5. The van der Waals surface area contributed by atoms with E-state index >= 15 is 0 Å². The highest BCUT2D eigenvalue weighted by Crippen LogP contribution is 2.20. The zero-order valence-electron chi connectivity index (χ0n) is 12.2. The third-order valence-corrected chi connectivity index (χ3v) is 4.89. The molecule has 1 aromatic carbocycles. The van der Waals surface area contributed by atoms with Crippen LogP contribution in [0.3, 0.4) is 0 Å². The minimum absolute atomic E-state index is 0.0853. The molecule has 0 bridgehead atoms. The summed E-state index contributed by atoms with van der Waals surface area (Å²) in [6.07, 6.45) is 0. The van der Waals surface area contributed by atoms with Crippen LogP contribution >= 0.6 is 0 Å². The minimum atomic E-state index is -3.58. The lowest BCUT2D eigenvalue weighted by Gasteiger charge is -2.13. The third kappa shape index (κ3) is 3.72. The molecule has 2 rings (SSSR count). The molecular formula is C15H20N2O3S. The largest absolute Gasteiger partial charge is 0.464 e. The minimum Gasteiger partial charge on any atom is -0.464 e. The van der Waals surface area contributed by atoms with Crippen molar-refractivity contribution in [3.8, 4) is 0 Å². The van der Waals surface area contributed by atoms with E-state index in [-0.39, 0.29) is 17.4 Å². The highest BCUT2D eigenvalue weighted by atomic mass is 32.2. The highest BCUT2D eigenvalue weighted by Gasteiger charge is 2.21. The SMILES string of the molecule is Cc1oc(CN)cc1S(=O)(=O)NCC(C)c1ccccc1. The van der Waals surface area contributed by atoms with Gasteiger partial charge < -0.3 is 10.2 Å². The number of sulfonamides is 1. The van der Waals surface area contributed by atoms with Crippen LogP contribution in [0.15, 0.2) is 45.7 Å². The Balaban J connectivity index is 2.09. The van der Waals surface area contributed by atoms with Gasteiger partial charge in [0, 0.05) is 12.6 Å². The molecule has 1 unspecified atom stereocenters. The van der Waals surface area contributed by atoms with Gasteiger partial charge in [0.2, 0.25) is 10.0 Å². The zero-order valence-corrected chi connectivity index (χ0v) is 13.0. The highest BCUT2D eigenvalue weighted by molar-refractivity contribution is 7.89. The van der Waals surface area contributed by atoms with Crippen molar-refractivity contribution in [2.24, 2.45) is 5.73 Å². The van der Waals surface area contributed by atoms with E-state index in [1.165, 1.54) is 6.07 Å². The number of furan rings is 1. The molecule has 0 saturated heterocycles. The molecule has 6 heteroatoms. The maximum absolute atomic E-state index is 12.3. The van der Waals surface area contributed by atoms with Crippen molar-refractivity contribution < 1.29 is 12.8 Å². The molecule has 0 fully saturated rings. The average molecular weight is 308 g/mol. The molecule has 3 N–H and O–H groups in total. The van der Waals surface area contributed by atoms with Gasteiger partial charge in [0.25, 0.3) is 0 Å². The van der Waals surface area contributed by atoms with Crippen molar-refractivity contribution in [1.29, 1.82) is 0 Å². The molecule has 0 radical (unpaired) electrons. The maximum Gasteiger partial charge on any atom is 0.244 e. The van der Waals surface area contributed by atoms with Crippen LogP contribution in [0.25, 0.3) is 0 Å². The molecule has 5 nitrogen and oxygen atoms in total. The Labute approximate surface area is 125 Å². The molecule has 1 aromatic heterocycles. The first-order chi connectivity index (χ1) is 9.94. The van der Waals surface area contributed by atoms with E-state index < -0.39 is 10.0 Å². The van der Waals surface area contributed by atoms with E-state index in [1.807, 2.05) is 37.3 Å². The third-order valence-electron chi connectivity index (χ3n) is 3.36. The van der Waals surface area contributed by atoms with E-state index in [4.69, 9.17) is 10.2 Å². The number of hydrogen-bond acceptors (Lipinski definition) is 4. The molecule has 1 atom stereocenters. The van der Waals surface area contributed by atoms with Crippen LogP contribution in [0.4, 0.5) is 0 Å². The Bertz CT molecular complexity index is 693. The summed E-state index contributed by atoms with van der Waals surface area (Å²) in [5.74, 6) is 0.904. The average Bonchev–Trinajstić information content (AvgIpc) is 2.88. The van der Waals surface area contributed by atoms with Crippen LogP contribution in [-0.2, 0) is 16.6 Å². The van der Waals surface area contributed by atoms with E-state index in [1.54, 1.807) is 6.92 Å². The van der Waals surface area contributed by atoms with Gasteiger partial charge in [-0.3, -0.25) is 0 Å². The summed E-state index contributed by atoms with van der Waals surface area (Å²) >= 11 is 0. The molecular weight excluding hydrogens is 288 g/mol. The fourth-order valence-corrected chi connectivity index (χ4v) is 3.44. The lowest BCUT2D eigenvalue weighted by molar-refractivity contribution is 0.478. The molecule has 114 valence electrons. The second-order valence-corrected chi connectivity index (χ2v) is 6.74. The molecule has 0 spiro atoms. The van der Waals surface area contributed by atoms with Crippen LogP contribution in [0.2, 0.25) is 0 Å². The van der Waals surface area contributed by atoms with Crippen LogP contribution in [0, 0.1) is 6.92 Å². The monoisotopic (exact) mass is 308 g/mol. The Kier molecular flexibility index (Phi) is 4.82. The van der Waals surface area contributed by atoms with Crippen LogP contribution in [-0.4, -0.2) is 15.0 Å². The lowest BCUT2D eigenvalue weighted by atomic mass is 10.0. The fraction of sp³-hybridized carbons (Fsp3) is 0.333. The van der Waals surface area contributed by atoms with Crippen molar-refractivity contribution in [2.45, 2.75) is 31.2 Å². The van der Waals surface area contributed by atoms with Crippen molar-refractivity contribution in [3.05, 3.63) is 53.5 Å². The van der Waals surface area contributed by atoms with Crippen molar-refractivity contribution >= 4 is 10.0 Å². The Morgan fingerprint density at radius 3 is 2.52 bits per heavy atom. The Morgan fingerprint density at radius 2 is 1.95 bits per heavy atom. The first-order valence-electron chi connectivity index (χ1n) is 6.78. The first kappa shape index (κ1) is 15.8. The van der Waals surface area contributed by atoms with E-state index in [9.17, 15) is 8.42 Å². The van der Waals surface area contributed by atoms with Crippen LogP contribution in [0.5, 0.6) is 0 Å². The van der Waals surface area contributed by atoms with Gasteiger partial charge in [-0.25, -0.2) is 13.1 Å². The molecule has 0 amide bonds. The molecule has 0 saturated carbocycles. The molecule has 0 aliphatic carbocycles. The van der Waals surface area contributed by atoms with Gasteiger partial charge in [-0.1, -0.05) is 37.3 Å². The van der Waals surface area contributed by atoms with Crippen molar-refractivity contribution in [3.63, 3.8) is 0 Å². The van der Waals surface area contributed by atoms with E-state index in [0.29, 0.717) is 18.1 Å². The number of nitrogens with one attached hydrogen (secondary N) is 1. The van der Waals surface area contributed by atoms with Crippen LogP contribution in [0.1, 0.15) is 29.9 Å². The molecule has 1 heterocycles. The van der Waals surface area contributed by atoms with Gasteiger partial charge in [-0.2, -0.15) is 0 Å². The number of aryl methyl sites for hydroxylation is 1. The summed E-state index contributed by atoms with van der Waals surface area (Å²) in [4.78, 5) is 0.156.